The van der Waals surface area contributed by atoms with Gasteiger partial charge in [-0.25, -0.2) is 0 Å². The monoisotopic (exact) mass is 420 g/mol. The average Bonchev–Trinajstić information content (AvgIpc) is 3.02. The van der Waals surface area contributed by atoms with Crippen LogP contribution < -0.4 is 0 Å². The predicted octanol–water partition coefficient (Wildman–Crippen LogP) is 5.31. The lowest BCUT2D eigenvalue weighted by Gasteiger charge is -2.47. The molecule has 4 aliphatic rings. The van der Waals surface area contributed by atoms with Crippen LogP contribution >= 0.6 is 0 Å². The number of fused-ring (bicyclic) bond motifs is 1. The quantitative estimate of drug-likeness (QED) is 0.602. The zero-order valence-corrected chi connectivity index (χ0v) is 21.3. The largest absolute Gasteiger partial charge is 0.346 e. The maximum Gasteiger partial charge on any atom is 0.182 e. The van der Waals surface area contributed by atoms with Gasteiger partial charge in [0.2, 0.25) is 0 Å². The summed E-state index contributed by atoms with van der Waals surface area (Å²) in [5.41, 5.74) is 0.778. The number of rotatable bonds is 5. The lowest BCUT2D eigenvalue weighted by molar-refractivity contribution is -0.148. The molecule has 0 radical (unpaired) electrons. The van der Waals surface area contributed by atoms with Gasteiger partial charge >= 0.3 is 0 Å². The van der Waals surface area contributed by atoms with E-state index < -0.39 is 0 Å². The summed E-state index contributed by atoms with van der Waals surface area (Å²) in [6.45, 7) is 24.3. The molecule has 3 aliphatic heterocycles. The van der Waals surface area contributed by atoms with E-state index in [0.29, 0.717) is 17.4 Å². The fourth-order valence-electron chi connectivity index (χ4n) is 6.82. The van der Waals surface area contributed by atoms with Crippen LogP contribution in [-0.2, 0) is 9.47 Å². The van der Waals surface area contributed by atoms with Gasteiger partial charge in [-0.15, -0.1) is 0 Å². The molecule has 1 aliphatic carbocycles. The molecule has 0 amide bonds. The molecule has 0 N–H and O–H groups in total. The van der Waals surface area contributed by atoms with Gasteiger partial charge in [0.1, 0.15) is 0 Å². The van der Waals surface area contributed by atoms with Crippen molar-refractivity contribution in [2.45, 2.75) is 129 Å². The Balaban J connectivity index is 1.43. The minimum Gasteiger partial charge on any atom is -0.346 e. The third-order valence-electron chi connectivity index (χ3n) is 8.68. The van der Waals surface area contributed by atoms with Crippen LogP contribution in [0.1, 0.15) is 94.4 Å². The summed E-state index contributed by atoms with van der Waals surface area (Å²) in [4.78, 5) is 5.60. The van der Waals surface area contributed by atoms with Crippen LogP contribution in [0.2, 0.25) is 0 Å². The molecular formula is C26H48N2O2. The first-order chi connectivity index (χ1) is 13.7. The van der Waals surface area contributed by atoms with E-state index in [1.165, 1.54) is 25.7 Å². The zero-order chi connectivity index (χ0) is 22.1. The van der Waals surface area contributed by atoms with Crippen LogP contribution in [0.3, 0.4) is 0 Å². The first kappa shape index (κ1) is 23.0. The molecule has 4 heteroatoms. The molecule has 4 fully saturated rings. The molecule has 1 saturated carbocycles. The van der Waals surface area contributed by atoms with Gasteiger partial charge in [0.05, 0.1) is 19.8 Å². The Morgan fingerprint density at radius 3 is 2.17 bits per heavy atom. The van der Waals surface area contributed by atoms with Crippen molar-refractivity contribution in [2.24, 2.45) is 17.3 Å². The van der Waals surface area contributed by atoms with Crippen molar-refractivity contribution in [3.63, 3.8) is 0 Å². The Morgan fingerprint density at radius 2 is 1.60 bits per heavy atom. The summed E-state index contributed by atoms with van der Waals surface area (Å²) < 4.78 is 12.3. The van der Waals surface area contributed by atoms with Gasteiger partial charge in [-0.3, -0.25) is 9.80 Å². The third-order valence-corrected chi connectivity index (χ3v) is 8.68. The second-order valence-electron chi connectivity index (χ2n) is 13.6. The van der Waals surface area contributed by atoms with Crippen molar-refractivity contribution in [1.82, 2.24) is 9.80 Å². The Bertz CT molecular complexity index is 626. The van der Waals surface area contributed by atoms with E-state index in [2.05, 4.69) is 72.1 Å². The van der Waals surface area contributed by atoms with Crippen LogP contribution in [0, 0.1) is 17.3 Å². The summed E-state index contributed by atoms with van der Waals surface area (Å²) in [7, 11) is 0. The minimum atomic E-state index is -0.352. The van der Waals surface area contributed by atoms with Crippen LogP contribution in [0.4, 0.5) is 0 Å². The van der Waals surface area contributed by atoms with Gasteiger partial charge in [0.25, 0.3) is 0 Å². The molecule has 0 aromatic rings. The average molecular weight is 421 g/mol. The number of ether oxygens (including phenoxy) is 2. The van der Waals surface area contributed by atoms with Gasteiger partial charge in [-0.1, -0.05) is 27.7 Å². The van der Waals surface area contributed by atoms with E-state index in [-0.39, 0.29) is 16.9 Å². The van der Waals surface area contributed by atoms with Gasteiger partial charge < -0.3 is 9.47 Å². The summed E-state index contributed by atoms with van der Waals surface area (Å²) in [6, 6.07) is 2.11. The maximum absolute atomic E-state index is 6.13. The van der Waals surface area contributed by atoms with E-state index in [1.54, 1.807) is 0 Å². The summed E-state index contributed by atoms with van der Waals surface area (Å²) in [6.07, 6.45) is 6.40. The highest BCUT2D eigenvalue weighted by Crippen LogP contribution is 2.55. The Hall–Kier alpha value is -0.160. The van der Waals surface area contributed by atoms with Crippen molar-refractivity contribution < 1.29 is 9.47 Å². The number of hydrogen-bond donors (Lipinski definition) is 0. The first-order valence-corrected chi connectivity index (χ1v) is 12.6. The van der Waals surface area contributed by atoms with E-state index in [9.17, 15) is 0 Å². The number of piperidine rings is 1. The number of hydrogen-bond acceptors (Lipinski definition) is 4. The van der Waals surface area contributed by atoms with Crippen molar-refractivity contribution in [3.8, 4) is 0 Å². The van der Waals surface area contributed by atoms with Gasteiger partial charge in [0.15, 0.2) is 5.79 Å². The number of nitrogens with zero attached hydrogens (tertiary/aromatic N) is 2. The Labute approximate surface area is 186 Å². The highest BCUT2D eigenvalue weighted by atomic mass is 16.7. The van der Waals surface area contributed by atoms with E-state index in [0.717, 1.165) is 44.2 Å². The normalized spacial score (nSPS) is 35.9. The van der Waals surface area contributed by atoms with Crippen LogP contribution in [0.25, 0.3) is 0 Å². The third kappa shape index (κ3) is 4.23. The predicted molar refractivity (Wildman–Crippen MR) is 124 cm³/mol. The maximum atomic E-state index is 6.13. The SMILES string of the molecule is CC(CCC(C)(C)N1C2CC2CC1C(C)(C)C)C1CC2(CN1C(C)(C)C)OCCO2. The summed E-state index contributed by atoms with van der Waals surface area (Å²) >= 11 is 0. The first-order valence-electron chi connectivity index (χ1n) is 12.6. The minimum absolute atomic E-state index is 0.140. The summed E-state index contributed by atoms with van der Waals surface area (Å²) in [5.74, 6) is 1.25. The van der Waals surface area contributed by atoms with Crippen molar-refractivity contribution in [3.05, 3.63) is 0 Å². The molecule has 0 bridgehead atoms. The highest BCUT2D eigenvalue weighted by molar-refractivity contribution is 5.12. The Morgan fingerprint density at radius 1 is 0.967 bits per heavy atom. The molecule has 0 aromatic heterocycles. The molecule has 4 nitrogen and oxygen atoms in total. The Kier molecular flexibility index (Phi) is 5.70. The van der Waals surface area contributed by atoms with Crippen LogP contribution in [0.5, 0.6) is 0 Å². The smallest absolute Gasteiger partial charge is 0.182 e. The molecule has 5 unspecified atom stereocenters. The molecule has 5 atom stereocenters. The molecule has 3 heterocycles. The second-order valence-corrected chi connectivity index (χ2v) is 13.6. The van der Waals surface area contributed by atoms with Crippen LogP contribution in [0.15, 0.2) is 0 Å². The molecule has 30 heavy (non-hydrogen) atoms. The fourth-order valence-corrected chi connectivity index (χ4v) is 6.82. The molecule has 3 saturated heterocycles. The van der Waals surface area contributed by atoms with Crippen molar-refractivity contribution in [2.75, 3.05) is 19.8 Å². The standard InChI is InChI=1S/C26H48N2O2/c1-18(21-16-26(29-12-13-30-26)17-27(21)24(5,6)7)10-11-25(8,9)28-20-14-19(20)15-22(28)23(2,3)4/h18-22H,10-17H2,1-9H3. The van der Waals surface area contributed by atoms with E-state index in [4.69, 9.17) is 9.47 Å². The van der Waals surface area contributed by atoms with Gasteiger partial charge in [-0.2, -0.15) is 0 Å². The van der Waals surface area contributed by atoms with Crippen molar-refractivity contribution in [1.29, 1.82) is 0 Å². The van der Waals surface area contributed by atoms with E-state index >= 15 is 0 Å². The lowest BCUT2D eigenvalue weighted by Crippen LogP contribution is -2.53. The van der Waals surface area contributed by atoms with E-state index in [1.807, 2.05) is 0 Å². The summed E-state index contributed by atoms with van der Waals surface area (Å²) in [5, 5.41) is 0. The van der Waals surface area contributed by atoms with Crippen LogP contribution in [-0.4, -0.2) is 64.5 Å². The number of likely N-dealkylation sites (tertiary alicyclic amines) is 2. The topological polar surface area (TPSA) is 24.9 Å². The molecular weight excluding hydrogens is 372 g/mol. The molecule has 174 valence electrons. The molecule has 0 aromatic carbocycles. The van der Waals surface area contributed by atoms with Gasteiger partial charge in [-0.05, 0) is 77.6 Å². The highest BCUT2D eigenvalue weighted by Gasteiger charge is 2.58. The molecule has 4 rings (SSSR count). The fraction of sp³-hybridized carbons (Fsp3) is 1.00. The second kappa shape index (κ2) is 7.43. The molecule has 1 spiro atoms. The zero-order valence-electron chi connectivity index (χ0n) is 21.3. The lowest BCUT2D eigenvalue weighted by atomic mass is 9.80. The van der Waals surface area contributed by atoms with Crippen molar-refractivity contribution >= 4 is 0 Å². The van der Waals surface area contributed by atoms with Gasteiger partial charge in [0, 0.05) is 35.6 Å².